The molecule has 2 aromatic carbocycles. The molecular weight excluding hydrogens is 1050 g/mol. The van der Waals surface area contributed by atoms with Crippen molar-refractivity contribution < 1.29 is 28.0 Å². The summed E-state index contributed by atoms with van der Waals surface area (Å²) in [5.74, 6) is -0.776. The Labute approximate surface area is 480 Å². The minimum atomic E-state index is -0.456. The molecule has 4 aromatic rings. The zero-order valence-corrected chi connectivity index (χ0v) is 49.2. The molecule has 0 unspecified atom stereocenters. The molecular formula is C62H84F2N12O6. The SMILES string of the molecule is C[C@@H]1CN(CC(=O)N2CC(C)(C)c3[nH]c(=O)c(Cc4ccc(F)cc4)cc32)[C@@H](CN2CCN(C(=O)CCC(=O)N3CCN(C[C@H]4CN[C@H](C)CN4CC(=O)N4CC(C)(C)c5[nH]c(=O)c(Cc6ccc(F)cc6)cc54)[C@H](C)C3)C[C@H]2C)CN1. The summed E-state index contributed by atoms with van der Waals surface area (Å²) in [5.41, 5.74) is 4.24. The number of hydrogen-bond donors (Lipinski definition) is 4. The van der Waals surface area contributed by atoms with Gasteiger partial charge in [0.1, 0.15) is 11.6 Å². The Morgan fingerprint density at radius 2 is 0.902 bits per heavy atom. The van der Waals surface area contributed by atoms with E-state index in [2.05, 4.69) is 67.9 Å². The number of aromatic nitrogens is 2. The number of nitrogens with zero attached hydrogens (tertiary/aromatic N) is 8. The molecule has 442 valence electrons. The predicted octanol–water partition coefficient (Wildman–Crippen LogP) is 3.64. The third-order valence-corrected chi connectivity index (χ3v) is 18.3. The van der Waals surface area contributed by atoms with Gasteiger partial charge in [-0.1, -0.05) is 52.0 Å². The molecule has 82 heavy (non-hydrogen) atoms. The fraction of sp³-hybridized carbons (Fsp3) is 0.581. The van der Waals surface area contributed by atoms with Crippen LogP contribution in [0.5, 0.6) is 0 Å². The van der Waals surface area contributed by atoms with Crippen molar-refractivity contribution in [2.75, 3.05) is 115 Å². The highest BCUT2D eigenvalue weighted by molar-refractivity contribution is 5.98. The van der Waals surface area contributed by atoms with Gasteiger partial charge >= 0.3 is 0 Å². The van der Waals surface area contributed by atoms with Gasteiger partial charge in [-0.3, -0.25) is 48.4 Å². The number of hydrogen-bond acceptors (Lipinski definition) is 12. The molecule has 6 atom stereocenters. The number of carbonyl (C=O) groups excluding carboxylic acids is 4. The largest absolute Gasteiger partial charge is 0.340 e. The van der Waals surface area contributed by atoms with Crippen LogP contribution in [0.2, 0.25) is 0 Å². The van der Waals surface area contributed by atoms with Crippen LogP contribution < -0.4 is 31.6 Å². The molecule has 6 aliphatic heterocycles. The smallest absolute Gasteiger partial charge is 0.251 e. The van der Waals surface area contributed by atoms with E-state index >= 15 is 0 Å². The second-order valence-corrected chi connectivity index (χ2v) is 25.8. The van der Waals surface area contributed by atoms with Crippen molar-refractivity contribution in [1.82, 2.24) is 50.0 Å². The molecule has 0 aliphatic carbocycles. The predicted molar refractivity (Wildman–Crippen MR) is 313 cm³/mol. The highest BCUT2D eigenvalue weighted by atomic mass is 19.1. The third kappa shape index (κ3) is 13.1. The molecule has 4 saturated heterocycles. The standard InChI is InChI=1S/C62H84F2N12O6/c1-39-29-73(35-55(79)75-37-61(5,6)57-51(75)25-45(59(81)67-57)23-43-9-13-47(63)14-10-43)49(27-65-39)33-69-19-21-71(31-41(69)3)53(77)17-18-54(78)72-22-20-70(42(4)32-72)34-50-28-66-40(2)30-74(50)36-56(80)76-38-62(7,8)58-52(76)26-46(60(82)68-58)24-44-11-15-48(64)16-12-44/h9-16,25-26,39-42,49-50,65-66H,17-24,27-38H2,1-8H3,(H,67,81)(H,68,82)/t39-,40-,41-,42-,49-,50-/m1/s1. The second kappa shape index (κ2) is 24.2. The molecule has 4 fully saturated rings. The number of fused-ring (bicyclic) bond motifs is 2. The van der Waals surface area contributed by atoms with Crippen LogP contribution in [-0.4, -0.2) is 204 Å². The van der Waals surface area contributed by atoms with E-state index in [4.69, 9.17) is 0 Å². The highest BCUT2D eigenvalue weighted by Gasteiger charge is 2.44. The second-order valence-electron chi connectivity index (χ2n) is 25.8. The number of anilines is 2. The fourth-order valence-electron chi connectivity index (χ4n) is 13.4. The van der Waals surface area contributed by atoms with Crippen molar-refractivity contribution >= 4 is 35.0 Å². The van der Waals surface area contributed by atoms with Crippen molar-refractivity contribution in [2.24, 2.45) is 0 Å². The quantitative estimate of drug-likeness (QED) is 0.136. The van der Waals surface area contributed by atoms with Gasteiger partial charge in [0.25, 0.3) is 11.1 Å². The maximum Gasteiger partial charge on any atom is 0.251 e. The lowest BCUT2D eigenvalue weighted by Gasteiger charge is -2.46. The number of nitrogens with one attached hydrogen (secondary N) is 4. The highest BCUT2D eigenvalue weighted by Crippen LogP contribution is 2.41. The number of aromatic amines is 2. The summed E-state index contributed by atoms with van der Waals surface area (Å²) in [4.78, 5) is 106. The van der Waals surface area contributed by atoms with E-state index in [0.29, 0.717) is 114 Å². The summed E-state index contributed by atoms with van der Waals surface area (Å²) < 4.78 is 27.3. The van der Waals surface area contributed by atoms with Gasteiger partial charge in [0.05, 0.1) is 24.5 Å². The van der Waals surface area contributed by atoms with Crippen LogP contribution >= 0.6 is 0 Å². The zero-order chi connectivity index (χ0) is 58.4. The van der Waals surface area contributed by atoms with Gasteiger partial charge in [-0.05, 0) is 75.2 Å². The van der Waals surface area contributed by atoms with Crippen LogP contribution in [-0.2, 0) is 42.8 Å². The van der Waals surface area contributed by atoms with Gasteiger partial charge in [-0.15, -0.1) is 0 Å². The van der Waals surface area contributed by atoms with Crippen molar-refractivity contribution in [3.63, 3.8) is 0 Å². The number of piperazine rings is 4. The van der Waals surface area contributed by atoms with E-state index in [-0.39, 0.29) is 109 Å². The molecule has 6 aliphatic rings. The summed E-state index contributed by atoms with van der Waals surface area (Å²) in [5, 5.41) is 7.25. The van der Waals surface area contributed by atoms with Crippen molar-refractivity contribution in [1.29, 1.82) is 0 Å². The van der Waals surface area contributed by atoms with Gasteiger partial charge in [-0.25, -0.2) is 8.78 Å². The average molecular weight is 1130 g/mol. The third-order valence-electron chi connectivity index (χ3n) is 18.3. The number of pyridine rings is 2. The van der Waals surface area contributed by atoms with Crippen LogP contribution in [0.1, 0.15) is 102 Å². The summed E-state index contributed by atoms with van der Waals surface area (Å²) in [6, 6.07) is 16.5. The Hall–Kier alpha value is -6.16. The lowest BCUT2D eigenvalue weighted by atomic mass is 9.91. The molecule has 0 saturated carbocycles. The molecule has 8 heterocycles. The molecule has 2 aromatic heterocycles. The Morgan fingerprint density at radius 1 is 0.524 bits per heavy atom. The Bertz CT molecular complexity index is 2920. The van der Waals surface area contributed by atoms with Gasteiger partial charge in [0, 0.05) is 187 Å². The van der Waals surface area contributed by atoms with Crippen molar-refractivity contribution in [3.05, 3.63) is 127 Å². The molecule has 4 amide bonds. The summed E-state index contributed by atoms with van der Waals surface area (Å²) >= 11 is 0. The molecule has 4 N–H and O–H groups in total. The van der Waals surface area contributed by atoms with E-state index < -0.39 is 10.8 Å². The Morgan fingerprint density at radius 3 is 1.27 bits per heavy atom. The van der Waals surface area contributed by atoms with Crippen LogP contribution in [0, 0.1) is 11.6 Å². The first kappa shape index (κ1) is 59.0. The monoisotopic (exact) mass is 1130 g/mol. The maximum absolute atomic E-state index is 14.4. The van der Waals surface area contributed by atoms with Crippen molar-refractivity contribution in [3.8, 4) is 0 Å². The number of amides is 4. The molecule has 0 bridgehead atoms. The Balaban J connectivity index is 0.687. The number of H-pyrrole nitrogens is 2. The molecule has 20 heteroatoms. The molecule has 0 radical (unpaired) electrons. The van der Waals surface area contributed by atoms with E-state index in [0.717, 1.165) is 35.6 Å². The molecule has 0 spiro atoms. The van der Waals surface area contributed by atoms with E-state index in [1.54, 1.807) is 24.3 Å². The van der Waals surface area contributed by atoms with E-state index in [9.17, 15) is 37.5 Å². The lowest BCUT2D eigenvalue weighted by molar-refractivity contribution is -0.140. The first-order valence-electron chi connectivity index (χ1n) is 29.6. The van der Waals surface area contributed by atoms with Crippen LogP contribution in [0.25, 0.3) is 0 Å². The van der Waals surface area contributed by atoms with Gasteiger partial charge in [-0.2, -0.15) is 0 Å². The first-order valence-corrected chi connectivity index (χ1v) is 29.6. The number of carbonyl (C=O) groups is 4. The summed E-state index contributed by atoms with van der Waals surface area (Å²) in [6.07, 6.45) is 0.935. The van der Waals surface area contributed by atoms with Crippen molar-refractivity contribution in [2.45, 2.75) is 128 Å². The number of halogens is 2. The summed E-state index contributed by atoms with van der Waals surface area (Å²) in [6.45, 7) is 25.8. The number of benzene rings is 2. The normalized spacial score (nSPS) is 25.1. The minimum absolute atomic E-state index is 0.0173. The van der Waals surface area contributed by atoms with Gasteiger partial charge in [0.15, 0.2) is 0 Å². The van der Waals surface area contributed by atoms with Gasteiger partial charge < -0.3 is 40.2 Å². The fourth-order valence-corrected chi connectivity index (χ4v) is 13.4. The lowest BCUT2D eigenvalue weighted by Crippen LogP contribution is -2.63. The molecule has 18 nitrogen and oxygen atoms in total. The van der Waals surface area contributed by atoms with Crippen LogP contribution in [0.15, 0.2) is 70.3 Å². The Kier molecular flexibility index (Phi) is 17.4. The first-order chi connectivity index (χ1) is 39.0. The van der Waals surface area contributed by atoms with E-state index in [1.807, 2.05) is 59.4 Å². The van der Waals surface area contributed by atoms with Crippen LogP contribution in [0.4, 0.5) is 20.2 Å². The number of rotatable bonds is 15. The summed E-state index contributed by atoms with van der Waals surface area (Å²) in [7, 11) is 0. The topological polar surface area (TPSA) is 184 Å². The van der Waals surface area contributed by atoms with Crippen LogP contribution in [0.3, 0.4) is 0 Å². The average Bonchev–Trinajstić information content (AvgIpc) is 2.88. The maximum atomic E-state index is 14.4. The zero-order valence-electron chi connectivity index (χ0n) is 49.2. The van der Waals surface area contributed by atoms with E-state index in [1.165, 1.54) is 24.3 Å². The molecule has 10 rings (SSSR count). The van der Waals surface area contributed by atoms with Gasteiger partial charge in [0.2, 0.25) is 23.6 Å². The minimum Gasteiger partial charge on any atom is -0.340 e.